The van der Waals surface area contributed by atoms with Crippen LogP contribution in [0.1, 0.15) is 30.8 Å². The van der Waals surface area contributed by atoms with E-state index in [9.17, 15) is 18.4 Å². The molecule has 0 bridgehead atoms. The maximum Gasteiger partial charge on any atom is 0.320 e. The van der Waals surface area contributed by atoms with E-state index in [-0.39, 0.29) is 24.2 Å². The number of anilines is 1. The molecule has 160 valence electrons. The van der Waals surface area contributed by atoms with Crippen molar-refractivity contribution in [3.63, 3.8) is 0 Å². The summed E-state index contributed by atoms with van der Waals surface area (Å²) in [5.41, 5.74) is 2.44. The summed E-state index contributed by atoms with van der Waals surface area (Å²) >= 11 is 0. The van der Waals surface area contributed by atoms with Crippen LogP contribution in [-0.4, -0.2) is 39.9 Å². The number of carbonyl (C=O) groups is 2. The van der Waals surface area contributed by atoms with Gasteiger partial charge in [0.2, 0.25) is 11.8 Å². The van der Waals surface area contributed by atoms with Gasteiger partial charge in [0.05, 0.1) is 17.6 Å². The fraction of sp³-hybridized carbons (Fsp3) is 0.261. The highest BCUT2D eigenvalue weighted by Crippen LogP contribution is 2.24. The molecule has 1 saturated heterocycles. The van der Waals surface area contributed by atoms with Crippen molar-refractivity contribution in [2.75, 3.05) is 18.5 Å². The fourth-order valence-electron chi connectivity index (χ4n) is 3.70. The molecule has 0 aliphatic carbocycles. The number of aromatic nitrogens is 2. The average molecular weight is 424 g/mol. The number of para-hydroxylation sites is 2. The zero-order valence-corrected chi connectivity index (χ0v) is 17.0. The van der Waals surface area contributed by atoms with E-state index in [1.54, 1.807) is 42.3 Å². The van der Waals surface area contributed by atoms with E-state index in [4.69, 9.17) is 0 Å². The Bertz CT molecular complexity index is 1140. The second-order valence-electron chi connectivity index (χ2n) is 7.43. The van der Waals surface area contributed by atoms with E-state index in [0.717, 1.165) is 28.8 Å². The van der Waals surface area contributed by atoms with Crippen LogP contribution in [0.3, 0.4) is 0 Å². The first-order chi connectivity index (χ1) is 14.9. The van der Waals surface area contributed by atoms with Gasteiger partial charge in [-0.15, -0.1) is 0 Å². The second kappa shape index (κ2) is 8.67. The zero-order valence-electron chi connectivity index (χ0n) is 17.0. The smallest absolute Gasteiger partial charge is 0.320 e. The second-order valence-corrected chi connectivity index (χ2v) is 7.43. The lowest BCUT2D eigenvalue weighted by Gasteiger charge is -2.16. The number of hydrogen-bond donors (Lipinski definition) is 0. The molecule has 0 radical (unpaired) electrons. The minimum atomic E-state index is -2.75. The van der Waals surface area contributed by atoms with Crippen molar-refractivity contribution in [3.05, 3.63) is 66.0 Å². The summed E-state index contributed by atoms with van der Waals surface area (Å²) in [6, 6.07) is 14.0. The van der Waals surface area contributed by atoms with E-state index >= 15 is 0 Å². The Labute approximate surface area is 178 Å². The standard InChI is InChI=1S/C23H22F2N4O2/c1-27(15-20-26-18-5-2-3-6-19(18)29(20)23(24)25)21(30)13-10-16-8-11-17(12-9-16)28-14-4-7-22(28)31/h2-3,5-6,8-13,23H,4,7,14-15H2,1H3. The van der Waals surface area contributed by atoms with Gasteiger partial charge in [0.25, 0.3) is 0 Å². The Morgan fingerprint density at radius 1 is 1.19 bits per heavy atom. The summed E-state index contributed by atoms with van der Waals surface area (Å²) in [7, 11) is 1.55. The number of amides is 2. The van der Waals surface area contributed by atoms with E-state index < -0.39 is 6.55 Å². The highest BCUT2D eigenvalue weighted by atomic mass is 19.3. The molecular formula is C23H22F2N4O2. The van der Waals surface area contributed by atoms with Crippen LogP contribution < -0.4 is 4.90 Å². The fourth-order valence-corrected chi connectivity index (χ4v) is 3.70. The molecule has 0 atom stereocenters. The largest absolute Gasteiger partial charge is 0.335 e. The first kappa shape index (κ1) is 20.7. The van der Waals surface area contributed by atoms with Gasteiger partial charge in [-0.05, 0) is 42.3 Å². The van der Waals surface area contributed by atoms with Gasteiger partial charge >= 0.3 is 6.55 Å². The van der Waals surface area contributed by atoms with Crippen molar-refractivity contribution in [2.45, 2.75) is 25.9 Å². The number of fused-ring (bicyclic) bond motifs is 1. The van der Waals surface area contributed by atoms with Gasteiger partial charge in [-0.3, -0.25) is 14.2 Å². The molecule has 1 fully saturated rings. The van der Waals surface area contributed by atoms with Crippen molar-refractivity contribution in [1.82, 2.24) is 14.5 Å². The Morgan fingerprint density at radius 3 is 2.61 bits per heavy atom. The van der Waals surface area contributed by atoms with Gasteiger partial charge in [-0.1, -0.05) is 24.3 Å². The van der Waals surface area contributed by atoms with Crippen molar-refractivity contribution in [2.24, 2.45) is 0 Å². The number of halogens is 2. The number of benzene rings is 2. The van der Waals surface area contributed by atoms with Gasteiger partial charge in [-0.25, -0.2) is 4.98 Å². The molecular weight excluding hydrogens is 402 g/mol. The van der Waals surface area contributed by atoms with Gasteiger partial charge in [0.15, 0.2) is 0 Å². The molecule has 8 heteroatoms. The zero-order chi connectivity index (χ0) is 22.0. The third-order valence-electron chi connectivity index (χ3n) is 5.32. The molecule has 0 unspecified atom stereocenters. The molecule has 3 aromatic rings. The number of carbonyl (C=O) groups excluding carboxylic acids is 2. The minimum Gasteiger partial charge on any atom is -0.335 e. The van der Waals surface area contributed by atoms with Crippen LogP contribution in [-0.2, 0) is 16.1 Å². The van der Waals surface area contributed by atoms with Gasteiger partial charge in [0, 0.05) is 31.8 Å². The number of nitrogens with zero attached hydrogens (tertiary/aromatic N) is 4. The molecule has 0 N–H and O–H groups in total. The number of alkyl halides is 2. The summed E-state index contributed by atoms with van der Waals surface area (Å²) in [6.45, 7) is -2.07. The topological polar surface area (TPSA) is 58.4 Å². The van der Waals surface area contributed by atoms with Gasteiger partial charge in [0.1, 0.15) is 5.82 Å². The lowest BCUT2D eigenvalue weighted by Crippen LogP contribution is -2.26. The van der Waals surface area contributed by atoms with Gasteiger partial charge in [-0.2, -0.15) is 8.78 Å². The normalized spacial score (nSPS) is 14.3. The molecule has 6 nitrogen and oxygen atoms in total. The van der Waals surface area contributed by atoms with Crippen LogP contribution in [0.15, 0.2) is 54.6 Å². The Balaban J connectivity index is 1.44. The Morgan fingerprint density at radius 2 is 1.94 bits per heavy atom. The van der Waals surface area contributed by atoms with E-state index in [0.29, 0.717) is 17.5 Å². The number of rotatable bonds is 6. The number of hydrogen-bond acceptors (Lipinski definition) is 3. The Hall–Kier alpha value is -3.55. The van der Waals surface area contributed by atoms with Crippen LogP contribution >= 0.6 is 0 Å². The highest BCUT2D eigenvalue weighted by Gasteiger charge is 2.21. The van der Waals surface area contributed by atoms with Crippen LogP contribution in [0.5, 0.6) is 0 Å². The number of likely N-dealkylation sites (N-methyl/N-ethyl adjacent to an activating group) is 1. The molecule has 2 heterocycles. The minimum absolute atomic E-state index is 0.0434. The van der Waals surface area contributed by atoms with Crippen LogP contribution in [0.2, 0.25) is 0 Å². The first-order valence-electron chi connectivity index (χ1n) is 10.0. The molecule has 1 aromatic heterocycles. The molecule has 0 spiro atoms. The maximum atomic E-state index is 13.6. The third-order valence-corrected chi connectivity index (χ3v) is 5.32. The van der Waals surface area contributed by atoms with Crippen molar-refractivity contribution in [1.29, 1.82) is 0 Å². The first-order valence-corrected chi connectivity index (χ1v) is 10.0. The molecule has 2 amide bonds. The maximum absolute atomic E-state index is 13.6. The quantitative estimate of drug-likeness (QED) is 0.557. The summed E-state index contributed by atoms with van der Waals surface area (Å²) in [5, 5.41) is 0. The summed E-state index contributed by atoms with van der Waals surface area (Å²) < 4.78 is 28.0. The van der Waals surface area contributed by atoms with Crippen LogP contribution in [0, 0.1) is 0 Å². The molecule has 1 aliphatic rings. The molecule has 31 heavy (non-hydrogen) atoms. The lowest BCUT2D eigenvalue weighted by atomic mass is 10.2. The molecule has 4 rings (SSSR count). The predicted octanol–water partition coefficient (Wildman–Crippen LogP) is 4.23. The van der Waals surface area contributed by atoms with Crippen molar-refractivity contribution < 1.29 is 18.4 Å². The summed E-state index contributed by atoms with van der Waals surface area (Å²) in [5.74, 6) is -0.0818. The van der Waals surface area contributed by atoms with E-state index in [1.807, 2.05) is 24.3 Å². The highest BCUT2D eigenvalue weighted by molar-refractivity contribution is 5.95. The van der Waals surface area contributed by atoms with Crippen molar-refractivity contribution >= 4 is 34.6 Å². The predicted molar refractivity (Wildman–Crippen MR) is 115 cm³/mol. The van der Waals surface area contributed by atoms with Crippen LogP contribution in [0.4, 0.5) is 14.5 Å². The summed E-state index contributed by atoms with van der Waals surface area (Å²) in [6.07, 6.45) is 4.48. The van der Waals surface area contributed by atoms with Crippen LogP contribution in [0.25, 0.3) is 17.1 Å². The average Bonchev–Trinajstić information content (AvgIpc) is 3.35. The lowest BCUT2D eigenvalue weighted by molar-refractivity contribution is -0.125. The Kier molecular flexibility index (Phi) is 5.79. The van der Waals surface area contributed by atoms with Gasteiger partial charge < -0.3 is 9.80 Å². The molecule has 1 aliphatic heterocycles. The third kappa shape index (κ3) is 4.33. The number of imidazole rings is 1. The monoisotopic (exact) mass is 424 g/mol. The molecule has 0 saturated carbocycles. The van der Waals surface area contributed by atoms with Crippen molar-refractivity contribution in [3.8, 4) is 0 Å². The SMILES string of the molecule is CN(Cc1nc2ccccc2n1C(F)F)C(=O)C=Cc1ccc(N2CCCC2=O)cc1. The molecule has 2 aromatic carbocycles. The summed E-state index contributed by atoms with van der Waals surface area (Å²) in [4.78, 5) is 31.7. The van der Waals surface area contributed by atoms with E-state index in [1.165, 1.54) is 11.0 Å². The van der Waals surface area contributed by atoms with E-state index in [2.05, 4.69) is 4.98 Å².